The van der Waals surface area contributed by atoms with Crippen LogP contribution in [0.25, 0.3) is 40.0 Å². The summed E-state index contributed by atoms with van der Waals surface area (Å²) in [4.78, 5) is 8.32. The van der Waals surface area contributed by atoms with Gasteiger partial charge in [-0.2, -0.15) is 0 Å². The number of nitrogens with one attached hydrogen (secondary N) is 1. The van der Waals surface area contributed by atoms with Gasteiger partial charge in [0.15, 0.2) is 0 Å². The van der Waals surface area contributed by atoms with Crippen LogP contribution in [-0.2, 0) is 0 Å². The zero-order valence-corrected chi connectivity index (χ0v) is 12.5. The lowest BCUT2D eigenvalue weighted by atomic mass is 10.1. The van der Waals surface area contributed by atoms with E-state index in [4.69, 9.17) is 4.98 Å². The number of pyridine rings is 1. The first kappa shape index (κ1) is 12.4. The number of allylic oxidation sites excluding steroid dienone is 1. The second-order valence-corrected chi connectivity index (χ2v) is 5.82. The Kier molecular flexibility index (Phi) is 2.53. The molecule has 0 fully saturated rings. The van der Waals surface area contributed by atoms with Crippen LogP contribution in [0, 0.1) is 0 Å². The van der Waals surface area contributed by atoms with Crippen molar-refractivity contribution in [1.82, 2.24) is 9.97 Å². The van der Waals surface area contributed by atoms with E-state index in [-0.39, 0.29) is 0 Å². The number of aromatic nitrogens is 2. The first-order valence-corrected chi connectivity index (χ1v) is 7.75. The van der Waals surface area contributed by atoms with Gasteiger partial charge in [-0.3, -0.25) is 0 Å². The van der Waals surface area contributed by atoms with Crippen LogP contribution in [0.1, 0.15) is 11.3 Å². The minimum Gasteiger partial charge on any atom is -0.354 e. The van der Waals surface area contributed by atoms with Crippen molar-refractivity contribution in [2.45, 2.75) is 0 Å². The topological polar surface area (TPSA) is 28.7 Å². The van der Waals surface area contributed by atoms with Gasteiger partial charge in [-0.05, 0) is 30.4 Å². The summed E-state index contributed by atoms with van der Waals surface area (Å²) in [5.41, 5.74) is 4.34. The molecule has 0 spiro atoms. The third kappa shape index (κ3) is 1.92. The maximum atomic E-state index is 4.79. The standard InChI is InChI=1S/C21H14N2/c1-3-9-18-14(6-1)12-15-13-21-17(8-5-11-19(15)22-18)16-7-2-4-10-20(16)23-21/h1-13,23H/b8-5?,11-5-,15-13?,17-8-,19-11?,21-13+. The summed E-state index contributed by atoms with van der Waals surface area (Å²) in [6, 6.07) is 18.9. The highest BCUT2D eigenvalue weighted by atomic mass is 14.7. The molecule has 0 atom stereocenters. The maximum Gasteiger partial charge on any atom is 0.0710 e. The van der Waals surface area contributed by atoms with Gasteiger partial charge in [-0.1, -0.05) is 48.6 Å². The fourth-order valence-corrected chi connectivity index (χ4v) is 3.27. The number of aromatic amines is 1. The van der Waals surface area contributed by atoms with Crippen molar-refractivity contribution in [2.75, 3.05) is 0 Å². The highest BCUT2D eigenvalue weighted by molar-refractivity contribution is 5.86. The van der Waals surface area contributed by atoms with Crippen molar-refractivity contribution in [1.29, 1.82) is 0 Å². The van der Waals surface area contributed by atoms with Crippen LogP contribution in [0.15, 0.2) is 60.7 Å². The average Bonchev–Trinajstić information content (AvgIpc) is 2.90. The van der Waals surface area contributed by atoms with Gasteiger partial charge in [0.2, 0.25) is 0 Å². The molecule has 1 N–H and O–H groups in total. The predicted molar refractivity (Wildman–Crippen MR) is 96.4 cm³/mol. The molecule has 0 amide bonds. The molecule has 1 aliphatic carbocycles. The molecule has 0 saturated heterocycles. The number of hydrogen-bond acceptors (Lipinski definition) is 1. The Balaban J connectivity index is 1.90. The molecule has 0 saturated carbocycles. The molecule has 108 valence electrons. The number of nitrogens with zero attached hydrogens (tertiary/aromatic N) is 1. The first-order valence-electron chi connectivity index (χ1n) is 7.75. The van der Waals surface area contributed by atoms with Crippen LogP contribution in [0.5, 0.6) is 0 Å². The third-order valence-corrected chi connectivity index (χ3v) is 4.38. The van der Waals surface area contributed by atoms with Gasteiger partial charge in [-0.15, -0.1) is 0 Å². The van der Waals surface area contributed by atoms with Crippen molar-refractivity contribution >= 4 is 40.0 Å². The molecule has 0 unspecified atom stereocenters. The quantitative estimate of drug-likeness (QED) is 0.529. The molecule has 0 radical (unpaired) electrons. The number of fused-ring (bicyclic) bond motifs is 5. The van der Waals surface area contributed by atoms with E-state index >= 15 is 0 Å². The van der Waals surface area contributed by atoms with E-state index in [1.54, 1.807) is 0 Å². The summed E-state index contributed by atoms with van der Waals surface area (Å²) in [7, 11) is 0. The summed E-state index contributed by atoms with van der Waals surface area (Å²) >= 11 is 0. The Morgan fingerprint density at radius 2 is 1.78 bits per heavy atom. The van der Waals surface area contributed by atoms with E-state index in [2.05, 4.69) is 77.8 Å². The molecular formula is C21H14N2. The Morgan fingerprint density at radius 3 is 2.78 bits per heavy atom. The van der Waals surface area contributed by atoms with Crippen molar-refractivity contribution in [3.63, 3.8) is 0 Å². The Morgan fingerprint density at radius 1 is 0.913 bits per heavy atom. The lowest BCUT2D eigenvalue weighted by Crippen LogP contribution is -2.23. The van der Waals surface area contributed by atoms with Crippen LogP contribution in [0.4, 0.5) is 0 Å². The molecule has 1 aliphatic rings. The molecule has 0 aliphatic heterocycles. The number of rotatable bonds is 0. The summed E-state index contributed by atoms with van der Waals surface area (Å²) in [5.74, 6) is 0. The van der Waals surface area contributed by atoms with Gasteiger partial charge in [0.25, 0.3) is 0 Å². The molecule has 5 rings (SSSR count). The zero-order valence-electron chi connectivity index (χ0n) is 12.5. The van der Waals surface area contributed by atoms with Crippen molar-refractivity contribution in [2.24, 2.45) is 0 Å². The summed E-state index contributed by atoms with van der Waals surface area (Å²) in [6.45, 7) is 0. The van der Waals surface area contributed by atoms with Gasteiger partial charge in [0.1, 0.15) is 0 Å². The normalized spacial score (nSPS) is 17.2. The van der Waals surface area contributed by atoms with E-state index in [1.807, 2.05) is 6.07 Å². The summed E-state index contributed by atoms with van der Waals surface area (Å²) in [5, 5.41) is 4.78. The van der Waals surface area contributed by atoms with Gasteiger partial charge < -0.3 is 4.98 Å². The average molecular weight is 294 g/mol. The van der Waals surface area contributed by atoms with E-state index in [0.717, 1.165) is 33.0 Å². The molecule has 0 bridgehead atoms. The highest BCUT2D eigenvalue weighted by Gasteiger charge is 2.06. The largest absolute Gasteiger partial charge is 0.354 e. The van der Waals surface area contributed by atoms with Crippen LogP contribution in [0.3, 0.4) is 0 Å². The van der Waals surface area contributed by atoms with E-state index in [9.17, 15) is 0 Å². The van der Waals surface area contributed by atoms with E-state index < -0.39 is 0 Å². The number of benzene rings is 2. The molecule has 2 heteroatoms. The Bertz CT molecular complexity index is 1210. The van der Waals surface area contributed by atoms with Gasteiger partial charge in [0, 0.05) is 32.4 Å². The second kappa shape index (κ2) is 4.68. The summed E-state index contributed by atoms with van der Waals surface area (Å²) < 4.78 is 0. The van der Waals surface area contributed by atoms with Crippen molar-refractivity contribution in [3.05, 3.63) is 82.5 Å². The minimum atomic E-state index is 1.00. The molecule has 23 heavy (non-hydrogen) atoms. The molecule has 2 aromatic heterocycles. The van der Waals surface area contributed by atoms with E-state index in [0.29, 0.717) is 0 Å². The summed E-state index contributed by atoms with van der Waals surface area (Å²) in [6.07, 6.45) is 8.53. The van der Waals surface area contributed by atoms with Gasteiger partial charge in [0.05, 0.1) is 11.2 Å². The number of para-hydroxylation sites is 2. The molecule has 4 aromatic rings. The lowest BCUT2D eigenvalue weighted by Gasteiger charge is -2.05. The van der Waals surface area contributed by atoms with Crippen LogP contribution in [-0.4, -0.2) is 9.97 Å². The monoisotopic (exact) mass is 294 g/mol. The molecular weight excluding hydrogens is 280 g/mol. The van der Waals surface area contributed by atoms with Gasteiger partial charge >= 0.3 is 0 Å². The van der Waals surface area contributed by atoms with Crippen molar-refractivity contribution in [3.8, 4) is 0 Å². The Hall–Kier alpha value is -3.13. The van der Waals surface area contributed by atoms with Crippen LogP contribution in [0.2, 0.25) is 0 Å². The smallest absolute Gasteiger partial charge is 0.0710 e. The fourth-order valence-electron chi connectivity index (χ4n) is 3.27. The molecule has 2 nitrogen and oxygen atoms in total. The highest BCUT2D eigenvalue weighted by Crippen LogP contribution is 2.19. The molecule has 2 heterocycles. The van der Waals surface area contributed by atoms with E-state index in [1.165, 1.54) is 10.6 Å². The zero-order chi connectivity index (χ0) is 15.2. The third-order valence-electron chi connectivity index (χ3n) is 4.38. The van der Waals surface area contributed by atoms with Crippen LogP contribution < -0.4 is 10.6 Å². The second-order valence-electron chi connectivity index (χ2n) is 5.82. The van der Waals surface area contributed by atoms with Crippen molar-refractivity contribution < 1.29 is 0 Å². The number of hydrogen-bond donors (Lipinski definition) is 1. The maximum absolute atomic E-state index is 4.79. The Labute approximate surface area is 133 Å². The minimum absolute atomic E-state index is 1.00. The predicted octanol–water partition coefficient (Wildman–Crippen LogP) is 3.35. The first-order chi connectivity index (χ1) is 11.4. The molecule has 2 aromatic carbocycles. The SMILES string of the molecule is C1=C\c2nc3ccccc3cc2/C=c2/[nH]c3ccccc3/c2=C/1. The van der Waals surface area contributed by atoms with Crippen LogP contribution >= 0.6 is 0 Å². The fraction of sp³-hybridized carbons (Fsp3) is 0. The van der Waals surface area contributed by atoms with Gasteiger partial charge in [-0.25, -0.2) is 4.98 Å². The lowest BCUT2D eigenvalue weighted by molar-refractivity contribution is 1.32. The number of H-pyrrole nitrogens is 1.